The molecule has 1 fully saturated rings. The molecule has 1 saturated heterocycles. The van der Waals surface area contributed by atoms with E-state index in [0.717, 1.165) is 28.8 Å². The number of hydrogen-bond acceptors (Lipinski definition) is 6. The summed E-state index contributed by atoms with van der Waals surface area (Å²) >= 11 is 13.3. The molecule has 0 aliphatic carbocycles. The third-order valence-electron chi connectivity index (χ3n) is 4.47. The predicted octanol–water partition coefficient (Wildman–Crippen LogP) is 6.03. The lowest BCUT2D eigenvalue weighted by atomic mass is 10.1. The van der Waals surface area contributed by atoms with E-state index in [0.29, 0.717) is 5.75 Å². The van der Waals surface area contributed by atoms with Gasteiger partial charge in [0.15, 0.2) is 0 Å². The van der Waals surface area contributed by atoms with Gasteiger partial charge in [-0.05, 0) is 48.8 Å². The van der Waals surface area contributed by atoms with Crippen molar-refractivity contribution >= 4 is 69.6 Å². The normalized spacial score (nSPS) is 16.8. The topological polar surface area (TPSA) is 70.8 Å². The van der Waals surface area contributed by atoms with Crippen molar-refractivity contribution in [1.82, 2.24) is 4.90 Å². The Hall–Kier alpha value is -1.95. The second kappa shape index (κ2) is 9.90. The molecule has 5 nitrogen and oxygen atoms in total. The van der Waals surface area contributed by atoms with Crippen LogP contribution >= 0.6 is 47.3 Å². The molecule has 1 aromatic heterocycles. The summed E-state index contributed by atoms with van der Waals surface area (Å²) in [6, 6.07) is 5.29. The number of carbonyl (C=O) groups is 2. The van der Waals surface area contributed by atoms with Crippen LogP contribution in [0, 0.1) is 0 Å². The molecule has 32 heavy (non-hydrogen) atoms. The largest absolute Gasteiger partial charge is 0.480 e. The SMILES string of the molecule is CSCCC(C(=O)O)N1C(=O)/C(=C/c2ccc(-c3ccc(Cl)c(C(F)(F)F)c3)o2)SC1=S. The minimum atomic E-state index is -4.62. The van der Waals surface area contributed by atoms with Gasteiger partial charge in [-0.1, -0.05) is 35.6 Å². The smallest absolute Gasteiger partial charge is 0.417 e. The predicted molar refractivity (Wildman–Crippen MR) is 124 cm³/mol. The number of alkyl halides is 3. The lowest BCUT2D eigenvalue weighted by molar-refractivity contribution is -0.145. The second-order valence-corrected chi connectivity index (χ2v) is 9.65. The molecule has 1 aliphatic heterocycles. The quantitative estimate of drug-likeness (QED) is 0.352. The van der Waals surface area contributed by atoms with E-state index in [1.54, 1.807) is 0 Å². The highest BCUT2D eigenvalue weighted by molar-refractivity contribution is 8.26. The lowest BCUT2D eigenvalue weighted by Gasteiger charge is -2.22. The van der Waals surface area contributed by atoms with Gasteiger partial charge in [-0.25, -0.2) is 4.79 Å². The fourth-order valence-electron chi connectivity index (χ4n) is 2.95. The Morgan fingerprint density at radius 2 is 2.09 bits per heavy atom. The Labute approximate surface area is 200 Å². The molecule has 1 unspecified atom stereocenters. The molecule has 1 N–H and O–H groups in total. The van der Waals surface area contributed by atoms with Crippen LogP contribution in [-0.2, 0) is 15.8 Å². The maximum absolute atomic E-state index is 13.1. The average Bonchev–Trinajstić information content (AvgIpc) is 3.27. The van der Waals surface area contributed by atoms with Crippen molar-refractivity contribution in [3.63, 3.8) is 0 Å². The fourth-order valence-corrected chi connectivity index (χ4v) is 4.97. The standard InChI is InChI=1S/C20H15ClF3NO4S3/c1-31-7-6-14(18(27)28)25-17(26)16(32-19(25)30)9-11-3-5-15(29-11)10-2-4-13(21)12(8-10)20(22,23)24/h2-5,8-9,14H,6-7H2,1H3,(H,27,28)/b16-9-. The van der Waals surface area contributed by atoms with Crippen LogP contribution < -0.4 is 0 Å². The van der Waals surface area contributed by atoms with Gasteiger partial charge in [0.25, 0.3) is 5.91 Å². The molecule has 1 aromatic carbocycles. The molecule has 0 radical (unpaired) electrons. The van der Waals surface area contributed by atoms with Crippen LogP contribution in [0.4, 0.5) is 13.2 Å². The minimum Gasteiger partial charge on any atom is -0.480 e. The third-order valence-corrected chi connectivity index (χ3v) is 6.78. The molecule has 170 valence electrons. The Morgan fingerprint density at radius 1 is 1.38 bits per heavy atom. The summed E-state index contributed by atoms with van der Waals surface area (Å²) in [6.45, 7) is 0. The van der Waals surface area contributed by atoms with Crippen LogP contribution in [0.2, 0.25) is 5.02 Å². The summed E-state index contributed by atoms with van der Waals surface area (Å²) in [5, 5.41) is 9.08. The maximum atomic E-state index is 13.1. The number of furan rings is 1. The van der Waals surface area contributed by atoms with Crippen molar-refractivity contribution in [1.29, 1.82) is 0 Å². The number of rotatable bonds is 7. The monoisotopic (exact) mass is 521 g/mol. The molecular formula is C20H15ClF3NO4S3. The summed E-state index contributed by atoms with van der Waals surface area (Å²) in [7, 11) is 0. The number of carboxylic acids is 1. The van der Waals surface area contributed by atoms with Gasteiger partial charge < -0.3 is 9.52 Å². The number of aliphatic carboxylic acids is 1. The van der Waals surface area contributed by atoms with Crippen LogP contribution in [-0.4, -0.2) is 44.3 Å². The first kappa shape index (κ1) is 24.7. The molecule has 3 rings (SSSR count). The number of halogens is 4. The fraction of sp³-hybridized carbons (Fsp3) is 0.250. The van der Waals surface area contributed by atoms with E-state index in [2.05, 4.69) is 0 Å². The summed E-state index contributed by atoms with van der Waals surface area (Å²) in [4.78, 5) is 25.7. The van der Waals surface area contributed by atoms with Gasteiger partial charge in [0, 0.05) is 11.6 Å². The first-order valence-corrected chi connectivity index (χ1v) is 12.0. The first-order valence-electron chi connectivity index (χ1n) is 8.98. The van der Waals surface area contributed by atoms with Crippen molar-refractivity contribution < 1.29 is 32.3 Å². The Bertz CT molecular complexity index is 1100. The molecule has 1 atom stereocenters. The molecule has 2 aromatic rings. The average molecular weight is 522 g/mol. The highest BCUT2D eigenvalue weighted by atomic mass is 35.5. The molecule has 0 bridgehead atoms. The van der Waals surface area contributed by atoms with Crippen LogP contribution in [0.1, 0.15) is 17.7 Å². The number of thioether (sulfide) groups is 2. The number of carbonyl (C=O) groups excluding carboxylic acids is 1. The van der Waals surface area contributed by atoms with Gasteiger partial charge in [-0.2, -0.15) is 24.9 Å². The van der Waals surface area contributed by atoms with Crippen LogP contribution in [0.3, 0.4) is 0 Å². The van der Waals surface area contributed by atoms with Crippen molar-refractivity contribution in [3.8, 4) is 11.3 Å². The van der Waals surface area contributed by atoms with E-state index in [1.807, 2.05) is 6.26 Å². The van der Waals surface area contributed by atoms with Crippen LogP contribution in [0.25, 0.3) is 17.4 Å². The molecular weight excluding hydrogens is 507 g/mol. The minimum absolute atomic E-state index is 0.119. The van der Waals surface area contributed by atoms with Crippen LogP contribution in [0.15, 0.2) is 39.7 Å². The van der Waals surface area contributed by atoms with E-state index >= 15 is 0 Å². The molecule has 1 amide bonds. The van der Waals surface area contributed by atoms with E-state index < -0.39 is 34.7 Å². The number of hydrogen-bond donors (Lipinski definition) is 1. The first-order chi connectivity index (χ1) is 15.0. The molecule has 0 spiro atoms. The Morgan fingerprint density at radius 3 is 2.72 bits per heavy atom. The Balaban J connectivity index is 1.86. The molecule has 12 heteroatoms. The van der Waals surface area contributed by atoms with Gasteiger partial charge in [-0.15, -0.1) is 0 Å². The van der Waals surface area contributed by atoms with E-state index in [4.69, 9.17) is 28.2 Å². The number of amides is 1. The van der Waals surface area contributed by atoms with Gasteiger partial charge in [-0.3, -0.25) is 9.69 Å². The van der Waals surface area contributed by atoms with Crippen molar-refractivity contribution in [2.24, 2.45) is 0 Å². The van der Waals surface area contributed by atoms with Gasteiger partial charge in [0.05, 0.1) is 15.5 Å². The summed E-state index contributed by atoms with van der Waals surface area (Å²) in [6.07, 6.45) is -1.17. The highest BCUT2D eigenvalue weighted by Gasteiger charge is 2.40. The van der Waals surface area contributed by atoms with E-state index in [-0.39, 0.29) is 32.7 Å². The van der Waals surface area contributed by atoms with E-state index in [1.165, 1.54) is 36.0 Å². The maximum Gasteiger partial charge on any atom is 0.417 e. The van der Waals surface area contributed by atoms with Gasteiger partial charge in [0.2, 0.25) is 0 Å². The third kappa shape index (κ3) is 5.33. The summed E-state index contributed by atoms with van der Waals surface area (Å²) in [5.41, 5.74) is -0.822. The van der Waals surface area contributed by atoms with Crippen molar-refractivity contribution in [2.75, 3.05) is 12.0 Å². The number of carboxylic acid groups (broad SMARTS) is 1. The molecule has 2 heterocycles. The zero-order valence-electron chi connectivity index (χ0n) is 16.3. The summed E-state index contributed by atoms with van der Waals surface area (Å²) in [5.74, 6) is -0.815. The number of nitrogens with zero attached hydrogens (tertiary/aromatic N) is 1. The molecule has 0 saturated carbocycles. The summed E-state index contributed by atoms with van der Waals surface area (Å²) < 4.78 is 45.1. The van der Waals surface area contributed by atoms with Gasteiger partial charge >= 0.3 is 12.1 Å². The van der Waals surface area contributed by atoms with Crippen molar-refractivity contribution in [3.05, 3.63) is 51.6 Å². The zero-order valence-corrected chi connectivity index (χ0v) is 19.5. The lowest BCUT2D eigenvalue weighted by Crippen LogP contribution is -2.44. The van der Waals surface area contributed by atoms with Crippen molar-refractivity contribution in [2.45, 2.75) is 18.6 Å². The number of thiocarbonyl (C=S) groups is 1. The second-order valence-electron chi connectivity index (χ2n) is 6.58. The highest BCUT2D eigenvalue weighted by Crippen LogP contribution is 2.38. The molecule has 1 aliphatic rings. The zero-order chi connectivity index (χ0) is 23.6. The Kier molecular flexibility index (Phi) is 7.64. The van der Waals surface area contributed by atoms with Crippen LogP contribution in [0.5, 0.6) is 0 Å². The van der Waals surface area contributed by atoms with Gasteiger partial charge in [0.1, 0.15) is 21.9 Å². The van der Waals surface area contributed by atoms with E-state index in [9.17, 15) is 27.9 Å². The number of benzene rings is 1.